The molecule has 6 aliphatic rings. The van der Waals surface area contributed by atoms with Crippen molar-refractivity contribution >= 4 is 29.1 Å². The van der Waals surface area contributed by atoms with Crippen LogP contribution < -0.4 is 0 Å². The Kier molecular flexibility index (Phi) is 7.05. The van der Waals surface area contributed by atoms with Gasteiger partial charge in [-0.2, -0.15) is 10.5 Å². The normalized spacial score (nSPS) is 25.3. The lowest BCUT2D eigenvalue weighted by atomic mass is 9.72. The highest BCUT2D eigenvalue weighted by molar-refractivity contribution is 5.93. The van der Waals surface area contributed by atoms with Crippen molar-refractivity contribution in [1.82, 2.24) is 9.13 Å². The minimum Gasteiger partial charge on any atom is -0.340 e. The summed E-state index contributed by atoms with van der Waals surface area (Å²) in [5.41, 5.74) is 14.1. The summed E-state index contributed by atoms with van der Waals surface area (Å²) in [5.74, 6) is 0.764. The van der Waals surface area contributed by atoms with Crippen molar-refractivity contribution in [3.63, 3.8) is 0 Å². The first-order valence-electron chi connectivity index (χ1n) is 17.6. The van der Waals surface area contributed by atoms with Crippen LogP contribution >= 0.6 is 0 Å². The van der Waals surface area contributed by atoms with Crippen LogP contribution in [0, 0.1) is 34.5 Å². The summed E-state index contributed by atoms with van der Waals surface area (Å²) >= 11 is 0. The molecule has 0 saturated carbocycles. The number of allylic oxidation sites excluding steroid dienone is 15. The molecule has 4 unspecified atom stereocenters. The van der Waals surface area contributed by atoms with Gasteiger partial charge in [-0.15, -0.1) is 0 Å². The molecular formula is C44H38N4. The molecule has 48 heavy (non-hydrogen) atoms. The van der Waals surface area contributed by atoms with Crippen molar-refractivity contribution in [3.05, 3.63) is 147 Å². The third-order valence-electron chi connectivity index (χ3n) is 11.4. The standard InChI is InChI=1S/C44H38N4/c45-27-29-17-21-32(22-18-29)47-40-14-6-4-12-36(40)38-23-20-31(26-44(38)47)33-9-1-2-10-34(33)35-11-3-7-15-41(35)48-42-16-8-5-13-37(42)39-25-30(28-46)19-24-43(39)48/h1-5,7-8,10-13,16-18,20-21,23,25,31-33,41H,6,9,14-15,19,22,24,26H2. The second-order valence-corrected chi connectivity index (χ2v) is 13.9. The zero-order valence-electron chi connectivity index (χ0n) is 27.1. The third-order valence-corrected chi connectivity index (χ3v) is 11.4. The predicted octanol–water partition coefficient (Wildman–Crippen LogP) is 10.0. The van der Waals surface area contributed by atoms with E-state index in [1.807, 2.05) is 6.08 Å². The molecule has 0 N–H and O–H groups in total. The largest absolute Gasteiger partial charge is 0.340 e. The van der Waals surface area contributed by atoms with E-state index in [1.54, 1.807) is 0 Å². The predicted molar refractivity (Wildman–Crippen MR) is 195 cm³/mol. The van der Waals surface area contributed by atoms with Gasteiger partial charge in [0.25, 0.3) is 0 Å². The number of nitriles is 2. The Hall–Kier alpha value is -5.32. The van der Waals surface area contributed by atoms with E-state index in [0.29, 0.717) is 11.8 Å². The summed E-state index contributed by atoms with van der Waals surface area (Å²) in [6, 6.07) is 14.0. The Balaban J connectivity index is 1.10. The summed E-state index contributed by atoms with van der Waals surface area (Å²) in [4.78, 5) is 0. The van der Waals surface area contributed by atoms with Gasteiger partial charge in [-0.1, -0.05) is 91.1 Å². The second-order valence-electron chi connectivity index (χ2n) is 13.9. The van der Waals surface area contributed by atoms with E-state index in [0.717, 1.165) is 62.5 Å². The molecule has 2 aromatic heterocycles. The van der Waals surface area contributed by atoms with Crippen LogP contribution in [0.1, 0.15) is 78.0 Å². The molecule has 0 bridgehead atoms. The van der Waals surface area contributed by atoms with Crippen LogP contribution in [-0.4, -0.2) is 9.13 Å². The van der Waals surface area contributed by atoms with E-state index in [-0.39, 0.29) is 12.1 Å². The number of hydrogen-bond acceptors (Lipinski definition) is 2. The van der Waals surface area contributed by atoms with Crippen LogP contribution in [0.5, 0.6) is 0 Å². The first-order chi connectivity index (χ1) is 23.7. The summed E-state index contributed by atoms with van der Waals surface area (Å²) in [5, 5.41) is 20.5. The van der Waals surface area contributed by atoms with Gasteiger partial charge in [-0.25, -0.2) is 0 Å². The molecule has 1 aromatic carbocycles. The maximum absolute atomic E-state index is 9.75. The molecule has 0 amide bonds. The summed E-state index contributed by atoms with van der Waals surface area (Å²) in [6.07, 6.45) is 39.8. The quantitative estimate of drug-likeness (QED) is 0.291. The highest BCUT2D eigenvalue weighted by Gasteiger charge is 2.36. The Labute approximate surface area is 282 Å². The molecule has 4 atom stereocenters. The number of nitrogens with zero attached hydrogens (tertiary/aromatic N) is 4. The van der Waals surface area contributed by atoms with Crippen LogP contribution in [0.25, 0.3) is 29.1 Å². The Morgan fingerprint density at radius 3 is 2.40 bits per heavy atom. The lowest BCUT2D eigenvalue weighted by Crippen LogP contribution is -2.27. The fourth-order valence-electron chi connectivity index (χ4n) is 9.28. The molecular weight excluding hydrogens is 585 g/mol. The van der Waals surface area contributed by atoms with Gasteiger partial charge in [0.15, 0.2) is 0 Å². The molecule has 9 rings (SSSR count). The number of para-hydroxylation sites is 1. The second kappa shape index (κ2) is 11.7. The average molecular weight is 623 g/mol. The van der Waals surface area contributed by atoms with Crippen molar-refractivity contribution in [1.29, 1.82) is 10.5 Å². The molecule has 6 aliphatic carbocycles. The van der Waals surface area contributed by atoms with Gasteiger partial charge in [0.1, 0.15) is 0 Å². The average Bonchev–Trinajstić information content (AvgIpc) is 3.67. The van der Waals surface area contributed by atoms with Crippen molar-refractivity contribution < 1.29 is 0 Å². The van der Waals surface area contributed by atoms with Crippen molar-refractivity contribution in [2.75, 3.05) is 0 Å². The van der Waals surface area contributed by atoms with Crippen molar-refractivity contribution in [2.24, 2.45) is 11.8 Å². The first kappa shape index (κ1) is 28.9. The lowest BCUT2D eigenvalue weighted by molar-refractivity contribution is 0.423. The topological polar surface area (TPSA) is 57.4 Å². The zero-order chi connectivity index (χ0) is 32.2. The number of fused-ring (bicyclic) bond motifs is 6. The lowest BCUT2D eigenvalue weighted by Gasteiger charge is -2.36. The highest BCUT2D eigenvalue weighted by Crippen LogP contribution is 2.47. The van der Waals surface area contributed by atoms with Crippen molar-refractivity contribution in [3.8, 4) is 12.1 Å². The summed E-state index contributed by atoms with van der Waals surface area (Å²) < 4.78 is 5.25. The van der Waals surface area contributed by atoms with E-state index < -0.39 is 0 Å². The molecule has 0 fully saturated rings. The van der Waals surface area contributed by atoms with Crippen LogP contribution in [-0.2, 0) is 19.3 Å². The zero-order valence-corrected chi connectivity index (χ0v) is 27.1. The smallest absolute Gasteiger partial charge is 0.0988 e. The molecule has 2 heterocycles. The van der Waals surface area contributed by atoms with Gasteiger partial charge in [-0.3, -0.25) is 0 Å². The molecule has 234 valence electrons. The maximum Gasteiger partial charge on any atom is 0.0988 e. The molecule has 4 nitrogen and oxygen atoms in total. The van der Waals surface area contributed by atoms with E-state index in [2.05, 4.69) is 125 Å². The molecule has 4 heteroatoms. The Morgan fingerprint density at radius 2 is 1.54 bits per heavy atom. The fraction of sp³-hybridized carbons (Fsp3) is 0.273. The van der Waals surface area contributed by atoms with Gasteiger partial charge >= 0.3 is 0 Å². The van der Waals surface area contributed by atoms with Gasteiger partial charge < -0.3 is 9.13 Å². The van der Waals surface area contributed by atoms with Gasteiger partial charge in [0.05, 0.1) is 24.2 Å². The SMILES string of the molecule is N#CC1=CCC(n2c3c(c4c2CC(C2CC=CC=C2C2=CC=CCC2n2c5c(c6ccccc62)C=C(C#N)CC5)C=C4)C=CCC3)C=C1. The Bertz CT molecular complexity index is 2230. The molecule has 0 saturated heterocycles. The minimum atomic E-state index is 0.207. The molecule has 3 aromatic rings. The van der Waals surface area contributed by atoms with Gasteiger partial charge in [0.2, 0.25) is 0 Å². The van der Waals surface area contributed by atoms with Crippen molar-refractivity contribution in [2.45, 2.75) is 63.5 Å². The molecule has 0 spiro atoms. The molecule has 0 aliphatic heterocycles. The number of aromatic nitrogens is 2. The Morgan fingerprint density at radius 1 is 0.708 bits per heavy atom. The third kappa shape index (κ3) is 4.55. The summed E-state index contributed by atoms with van der Waals surface area (Å²) in [6.45, 7) is 0. The molecule has 0 radical (unpaired) electrons. The maximum atomic E-state index is 9.75. The van der Waals surface area contributed by atoms with E-state index in [4.69, 9.17) is 0 Å². The first-order valence-corrected chi connectivity index (χ1v) is 17.6. The number of rotatable bonds is 4. The summed E-state index contributed by atoms with van der Waals surface area (Å²) in [7, 11) is 0. The van der Waals surface area contributed by atoms with E-state index >= 15 is 0 Å². The van der Waals surface area contributed by atoms with Gasteiger partial charge in [-0.05, 0) is 92.6 Å². The van der Waals surface area contributed by atoms with Crippen LogP contribution in [0.3, 0.4) is 0 Å². The monoisotopic (exact) mass is 622 g/mol. The van der Waals surface area contributed by atoms with Crippen LogP contribution in [0.2, 0.25) is 0 Å². The van der Waals surface area contributed by atoms with Crippen LogP contribution in [0.4, 0.5) is 0 Å². The minimum absolute atomic E-state index is 0.207. The van der Waals surface area contributed by atoms with Gasteiger partial charge in [0, 0.05) is 55.8 Å². The fourth-order valence-corrected chi connectivity index (χ4v) is 9.28. The number of hydrogen-bond donors (Lipinski definition) is 0. The highest BCUT2D eigenvalue weighted by atomic mass is 15.0. The van der Waals surface area contributed by atoms with Crippen LogP contribution in [0.15, 0.2) is 113 Å². The van der Waals surface area contributed by atoms with E-state index in [1.165, 1.54) is 55.8 Å². The van der Waals surface area contributed by atoms with E-state index in [9.17, 15) is 10.5 Å². The number of benzene rings is 1.